The Morgan fingerprint density at radius 3 is 2.58 bits per heavy atom. The highest BCUT2D eigenvalue weighted by molar-refractivity contribution is 7.91. The fraction of sp³-hybridized carbons (Fsp3) is 0.778. The highest BCUT2D eigenvalue weighted by Gasteiger charge is 2.33. The van der Waals surface area contributed by atoms with Gasteiger partial charge in [-0.2, -0.15) is 5.10 Å². The smallest absolute Gasteiger partial charge is 0.268 e. The van der Waals surface area contributed by atoms with Crippen LogP contribution in [-0.2, 0) is 29.3 Å². The third-order valence-electron chi connectivity index (χ3n) is 5.99. The molecule has 4 rings (SSSR count). The van der Waals surface area contributed by atoms with E-state index in [1.54, 1.807) is 10.7 Å². The van der Waals surface area contributed by atoms with Crippen molar-refractivity contribution in [2.75, 3.05) is 37.7 Å². The van der Waals surface area contributed by atoms with Crippen LogP contribution < -0.4 is 5.56 Å². The van der Waals surface area contributed by atoms with Gasteiger partial charge in [-0.15, -0.1) is 0 Å². The van der Waals surface area contributed by atoms with Crippen LogP contribution in [0.15, 0.2) is 10.9 Å². The van der Waals surface area contributed by atoms with Gasteiger partial charge in [0.2, 0.25) is 0 Å². The van der Waals surface area contributed by atoms with Gasteiger partial charge in [0.15, 0.2) is 9.84 Å². The average molecular weight is 381 g/mol. The lowest BCUT2D eigenvalue weighted by Gasteiger charge is -2.37. The summed E-state index contributed by atoms with van der Waals surface area (Å²) >= 11 is 0. The van der Waals surface area contributed by atoms with E-state index >= 15 is 0 Å². The zero-order valence-corrected chi connectivity index (χ0v) is 16.1. The lowest BCUT2D eigenvalue weighted by Crippen LogP contribution is -2.51. The quantitative estimate of drug-likeness (QED) is 0.701. The van der Waals surface area contributed by atoms with Crippen LogP contribution in [0.3, 0.4) is 0 Å². The molecule has 7 nitrogen and oxygen atoms in total. The second-order valence-electron chi connectivity index (χ2n) is 7.87. The van der Waals surface area contributed by atoms with E-state index in [-0.39, 0.29) is 11.6 Å². The third kappa shape index (κ3) is 4.02. The van der Waals surface area contributed by atoms with Gasteiger partial charge in [0.25, 0.3) is 5.56 Å². The Balaban J connectivity index is 1.37. The molecule has 0 saturated carbocycles. The fourth-order valence-corrected chi connectivity index (χ4v) is 6.16. The molecule has 1 aromatic rings. The summed E-state index contributed by atoms with van der Waals surface area (Å²) in [5.74, 6) is 0.630. The van der Waals surface area contributed by atoms with Crippen molar-refractivity contribution < 1.29 is 8.42 Å². The van der Waals surface area contributed by atoms with Crippen molar-refractivity contribution >= 4 is 9.84 Å². The van der Waals surface area contributed by atoms with Crippen LogP contribution in [0.4, 0.5) is 0 Å². The van der Waals surface area contributed by atoms with E-state index in [9.17, 15) is 13.2 Å². The summed E-state index contributed by atoms with van der Waals surface area (Å²) in [7, 11) is -2.84. The molecule has 0 aromatic carbocycles. The van der Waals surface area contributed by atoms with Crippen LogP contribution in [0.1, 0.15) is 36.9 Å². The Morgan fingerprint density at radius 2 is 1.85 bits per heavy atom. The number of hydrogen-bond acceptors (Lipinski definition) is 6. The first-order chi connectivity index (χ1) is 12.5. The highest BCUT2D eigenvalue weighted by atomic mass is 32.2. The second-order valence-corrected chi connectivity index (χ2v) is 10.1. The molecule has 0 amide bonds. The summed E-state index contributed by atoms with van der Waals surface area (Å²) in [6, 6.07) is 1.96. The molecule has 144 valence electrons. The van der Waals surface area contributed by atoms with Crippen LogP contribution in [0.2, 0.25) is 0 Å². The van der Waals surface area contributed by atoms with Crippen molar-refractivity contribution in [1.82, 2.24) is 19.6 Å². The minimum Gasteiger partial charge on any atom is -0.297 e. The van der Waals surface area contributed by atoms with Crippen molar-refractivity contribution in [1.29, 1.82) is 0 Å². The standard InChI is InChI=1S/C18H28N4O3S/c23-18-12-15-4-2-1-3-5-17(15)19-22(18)14-20-7-9-21(10-8-20)16-6-11-26(24,25)13-16/h12,16H,1-11,13-14H2/t16-/m1/s1. The van der Waals surface area contributed by atoms with Crippen molar-refractivity contribution in [3.8, 4) is 0 Å². The molecule has 26 heavy (non-hydrogen) atoms. The van der Waals surface area contributed by atoms with Crippen molar-refractivity contribution in [3.63, 3.8) is 0 Å². The molecule has 2 aliphatic heterocycles. The second kappa shape index (κ2) is 7.40. The zero-order chi connectivity index (χ0) is 18.1. The summed E-state index contributed by atoms with van der Waals surface area (Å²) in [4.78, 5) is 17.0. The van der Waals surface area contributed by atoms with Gasteiger partial charge in [0.05, 0.1) is 23.9 Å². The first-order valence-corrected chi connectivity index (χ1v) is 11.6. The normalized spacial score (nSPS) is 27.2. The lowest BCUT2D eigenvalue weighted by atomic mass is 10.1. The molecule has 3 heterocycles. The Morgan fingerprint density at radius 1 is 1.08 bits per heavy atom. The molecule has 3 aliphatic rings. The van der Waals surface area contributed by atoms with Gasteiger partial charge < -0.3 is 0 Å². The van der Waals surface area contributed by atoms with E-state index in [4.69, 9.17) is 0 Å². The molecule has 0 spiro atoms. The predicted octanol–water partition coefficient (Wildman–Crippen LogP) is 0.274. The Labute approximate surface area is 154 Å². The van der Waals surface area contributed by atoms with Crippen LogP contribution in [-0.4, -0.2) is 71.7 Å². The molecule has 1 aromatic heterocycles. The van der Waals surface area contributed by atoms with E-state index in [1.165, 1.54) is 6.42 Å². The monoisotopic (exact) mass is 380 g/mol. The number of hydrogen-bond donors (Lipinski definition) is 0. The molecule has 0 N–H and O–H groups in total. The van der Waals surface area contributed by atoms with Crippen molar-refractivity contribution in [2.45, 2.75) is 51.2 Å². The molecule has 0 bridgehead atoms. The molecule has 0 unspecified atom stereocenters. The van der Waals surface area contributed by atoms with Gasteiger partial charge in [0, 0.05) is 38.3 Å². The average Bonchev–Trinajstić information content (AvgIpc) is 2.83. The van der Waals surface area contributed by atoms with E-state index < -0.39 is 9.84 Å². The van der Waals surface area contributed by atoms with Crippen LogP contribution in [0.25, 0.3) is 0 Å². The van der Waals surface area contributed by atoms with E-state index in [0.29, 0.717) is 18.2 Å². The fourth-order valence-electron chi connectivity index (χ4n) is 4.40. The molecular weight excluding hydrogens is 352 g/mol. The van der Waals surface area contributed by atoms with Gasteiger partial charge in [0.1, 0.15) is 0 Å². The first kappa shape index (κ1) is 18.1. The number of aryl methyl sites for hydroxylation is 2. The van der Waals surface area contributed by atoms with Crippen LogP contribution in [0.5, 0.6) is 0 Å². The number of piperazine rings is 1. The first-order valence-electron chi connectivity index (χ1n) is 9.77. The number of rotatable bonds is 3. The largest absolute Gasteiger partial charge is 0.297 e. The summed E-state index contributed by atoms with van der Waals surface area (Å²) in [5, 5.41) is 4.65. The molecule has 8 heteroatoms. The summed E-state index contributed by atoms with van der Waals surface area (Å²) in [6.45, 7) is 3.95. The molecule has 1 atom stereocenters. The topological polar surface area (TPSA) is 75.5 Å². The van der Waals surface area contributed by atoms with Gasteiger partial charge >= 0.3 is 0 Å². The van der Waals surface area contributed by atoms with Crippen molar-refractivity contribution in [3.05, 3.63) is 27.7 Å². The zero-order valence-electron chi connectivity index (χ0n) is 15.3. The minimum absolute atomic E-state index is 0.00466. The van der Waals surface area contributed by atoms with E-state index in [2.05, 4.69) is 14.9 Å². The van der Waals surface area contributed by atoms with Crippen LogP contribution in [0, 0.1) is 0 Å². The summed E-state index contributed by atoms with van der Waals surface area (Å²) in [5.41, 5.74) is 2.22. The number of sulfone groups is 1. The Bertz CT molecular complexity index is 812. The molecule has 1 aliphatic carbocycles. The van der Waals surface area contributed by atoms with Gasteiger partial charge in [-0.3, -0.25) is 14.6 Å². The van der Waals surface area contributed by atoms with Gasteiger partial charge in [-0.05, 0) is 37.7 Å². The Kier molecular flexibility index (Phi) is 5.16. The molecule has 2 saturated heterocycles. The number of nitrogens with zero attached hydrogens (tertiary/aromatic N) is 4. The molecular formula is C18H28N4O3S. The van der Waals surface area contributed by atoms with Crippen molar-refractivity contribution in [2.24, 2.45) is 0 Å². The maximum atomic E-state index is 12.4. The van der Waals surface area contributed by atoms with Crippen LogP contribution >= 0.6 is 0 Å². The maximum Gasteiger partial charge on any atom is 0.268 e. The maximum absolute atomic E-state index is 12.4. The molecule has 0 radical (unpaired) electrons. The third-order valence-corrected chi connectivity index (χ3v) is 7.74. The highest BCUT2D eigenvalue weighted by Crippen LogP contribution is 2.20. The SMILES string of the molecule is O=c1cc2c(nn1CN1CCN([C@@H]3CCS(=O)(=O)C3)CC1)CCCCC2. The Hall–Kier alpha value is -1.25. The molecule has 2 fully saturated rings. The number of fused-ring (bicyclic) bond motifs is 1. The van der Waals surface area contributed by atoms with E-state index in [0.717, 1.165) is 69.5 Å². The van der Waals surface area contributed by atoms with Gasteiger partial charge in [-0.25, -0.2) is 13.1 Å². The van der Waals surface area contributed by atoms with Gasteiger partial charge in [-0.1, -0.05) is 6.42 Å². The van der Waals surface area contributed by atoms with E-state index in [1.807, 2.05) is 0 Å². The summed E-state index contributed by atoms with van der Waals surface area (Å²) in [6.07, 6.45) is 6.22. The lowest BCUT2D eigenvalue weighted by molar-refractivity contribution is 0.0797. The summed E-state index contributed by atoms with van der Waals surface area (Å²) < 4.78 is 25.0. The predicted molar refractivity (Wildman–Crippen MR) is 100.0 cm³/mol. The number of aromatic nitrogens is 2. The minimum atomic E-state index is -2.84.